The van der Waals surface area contributed by atoms with E-state index in [2.05, 4.69) is 101 Å². The highest BCUT2D eigenvalue weighted by molar-refractivity contribution is 6.04. The number of primary amides is 3. The number of nitrogens with zero attached hydrogens (tertiary/aromatic N) is 1. The van der Waals surface area contributed by atoms with Gasteiger partial charge in [-0.25, -0.2) is 0 Å². The van der Waals surface area contributed by atoms with Crippen LogP contribution in [0.1, 0.15) is 236 Å². The van der Waals surface area contributed by atoms with Crippen LogP contribution in [-0.4, -0.2) is 277 Å². The van der Waals surface area contributed by atoms with Gasteiger partial charge in [0.05, 0.1) is 25.7 Å². The van der Waals surface area contributed by atoms with E-state index >= 15 is 0 Å². The molecule has 0 bridgehead atoms. The van der Waals surface area contributed by atoms with Gasteiger partial charge in [-0.05, 0) is 193 Å². The van der Waals surface area contributed by atoms with Gasteiger partial charge in [-0.3, -0.25) is 110 Å². The lowest BCUT2D eigenvalue weighted by Crippen LogP contribution is -2.66. The molecule has 762 valence electrons. The van der Waals surface area contributed by atoms with Crippen LogP contribution in [-0.2, 0) is 117 Å². The number of nitrogens with one attached hydrogen (secondary N) is 19. The molecule has 0 saturated carbocycles. The van der Waals surface area contributed by atoms with Gasteiger partial charge in [-0.2, -0.15) is 0 Å². The maximum Gasteiger partial charge on any atom is 0.248 e. The van der Waals surface area contributed by atoms with E-state index in [0.29, 0.717) is 6.42 Å². The predicted octanol–water partition coefficient (Wildman–Crippen LogP) is -5.82. The largest absolute Gasteiger partial charge is 0.394 e. The van der Waals surface area contributed by atoms with E-state index < -0.39 is 298 Å². The fraction of sp³-hybridized carbons (Fsp3) is 0.674. The van der Waals surface area contributed by atoms with Crippen LogP contribution in [0.25, 0.3) is 0 Å². The molecule has 136 heavy (non-hydrogen) atoms. The Balaban J connectivity index is 2.16. The Bertz CT molecular complexity index is 4560. The van der Waals surface area contributed by atoms with E-state index in [9.17, 15) is 115 Å². The van der Waals surface area contributed by atoms with Crippen molar-refractivity contribution in [2.75, 3.05) is 26.2 Å². The van der Waals surface area contributed by atoms with Gasteiger partial charge in [0.2, 0.25) is 136 Å². The summed E-state index contributed by atoms with van der Waals surface area (Å²) in [4.78, 5) is 311. The summed E-state index contributed by atoms with van der Waals surface area (Å²) in [5.74, 6) is -21.4. The number of rotatable bonds is 54. The van der Waals surface area contributed by atoms with Gasteiger partial charge in [0.25, 0.3) is 0 Å². The molecule has 1 aromatic rings. The molecule has 1 heterocycles. The third-order valence-corrected chi connectivity index (χ3v) is 21.8. The summed E-state index contributed by atoms with van der Waals surface area (Å²) in [5.41, 5.74) is 2.95. The molecule has 23 amide bonds. The third kappa shape index (κ3) is 38.8. The molecule has 47 heteroatoms. The van der Waals surface area contributed by atoms with Crippen LogP contribution < -0.4 is 118 Å². The third-order valence-electron chi connectivity index (χ3n) is 21.8. The first kappa shape index (κ1) is 119. The van der Waals surface area contributed by atoms with Gasteiger partial charge in [0.15, 0.2) is 0 Å². The highest BCUT2D eigenvalue weighted by Crippen LogP contribution is 2.25. The van der Waals surface area contributed by atoms with Crippen LogP contribution in [0.5, 0.6) is 0 Å². The maximum atomic E-state index is 14.6. The van der Waals surface area contributed by atoms with Crippen molar-refractivity contribution in [3.63, 3.8) is 0 Å². The van der Waals surface area contributed by atoms with Gasteiger partial charge >= 0.3 is 0 Å². The average Bonchev–Trinajstić information content (AvgIpc) is 1.70. The smallest absolute Gasteiger partial charge is 0.248 e. The lowest BCUT2D eigenvalue weighted by molar-refractivity contribution is -0.146. The standard InChI is InChI=1S/C89H147N23O24/c1-45(2)40-56(70(125)108-89(24,25)81(136)112-39-29-32-57(112)71(126)102-63(46(3)4)72(127)110-88(22,23)80(135)111-87(20,21)78(133)101-54(34-37-59(91)116)68(123)100-53(33-36-58(90)115)67(122)97-52(44-113)41-51-30-27-26-28-31-51)98-61(118)42-93-75(130)83(12,13)109-73(128)64(47(5)6)103-79(134)86(18,19)107-69(124)55(35-38-60(92)117)99-65(120)48(7)95-77(132)85(16,17)106-66(121)49(8)96-76(131)84(14,15)105-62(119)43-94-74(129)82(10,11)104-50(9)114/h26-28,30-31,45-49,52-57,63-64,113H,29,32-44H2,1-25H3,(H2,90,115)(H2,91,116)(H2,92,117)(H,93,130)(H,94,129)(H,95,132)(H,96,131)(H,97,122)(H,98,118)(H,99,120)(H,100,123)(H,101,133)(H,102,126)(H,103,134)(H,104,114)(H,105,119)(H,106,121)(H,107,124)(H,108,125)(H,109,128)(H,110,127)(H,111,135)/t48-,49+,52-,53-,54+,55+,56-,57+,63+,64+/m0/s1. The lowest BCUT2D eigenvalue weighted by Gasteiger charge is -2.36. The average molecular weight is 1920 g/mol. The van der Waals surface area contributed by atoms with E-state index in [1.165, 1.54) is 136 Å². The number of aliphatic hydroxyl groups excluding tert-OH is 1. The van der Waals surface area contributed by atoms with E-state index in [1.807, 2.05) is 0 Å². The van der Waals surface area contributed by atoms with Crippen molar-refractivity contribution in [1.82, 2.24) is 106 Å². The van der Waals surface area contributed by atoms with Gasteiger partial charge in [-0.15, -0.1) is 0 Å². The van der Waals surface area contributed by atoms with E-state index in [1.54, 1.807) is 71.9 Å². The molecule has 0 spiro atoms. The molecule has 1 fully saturated rings. The van der Waals surface area contributed by atoms with Crippen molar-refractivity contribution in [3.8, 4) is 0 Å². The van der Waals surface area contributed by atoms with Crippen molar-refractivity contribution in [2.24, 2.45) is 35.0 Å². The molecular weight excluding hydrogens is 1780 g/mol. The summed E-state index contributed by atoms with van der Waals surface area (Å²) >= 11 is 0. The van der Waals surface area contributed by atoms with Crippen molar-refractivity contribution in [1.29, 1.82) is 0 Å². The monoisotopic (exact) mass is 1920 g/mol. The molecule has 0 aromatic heterocycles. The fourth-order valence-electron chi connectivity index (χ4n) is 13.5. The SMILES string of the molecule is CC(=O)NC(C)(C)C(=O)NCC(=O)NC(C)(C)C(=O)N[C@H](C)C(=O)NC(C)(C)C(=O)N[C@@H](C)C(=O)N[C@H](CCC(N)=O)C(=O)NC(C)(C)C(=O)N[C@@H](C(=O)NC(C)(C)C(=O)NCC(=O)N[C@@H](CC(C)C)C(=O)NC(C)(C)C(=O)N1CCC[C@@H]1C(=O)N[C@@H](C(=O)NC(C)(C)C(=O)NC(C)(C)C(=O)N[C@H](CCC(N)=O)C(=O)N[C@@H](CCC(N)=O)C(=O)N[C@H](CO)Cc1ccccc1)C(C)C)C(C)C. The minimum absolute atomic E-state index is 0.00656. The molecular formula is C89H147N23O24. The number of hydrogen-bond acceptors (Lipinski definition) is 24. The van der Waals surface area contributed by atoms with Crippen LogP contribution in [0.2, 0.25) is 0 Å². The van der Waals surface area contributed by atoms with Crippen LogP contribution in [0.4, 0.5) is 0 Å². The second kappa shape index (κ2) is 51.1. The second-order valence-corrected chi connectivity index (χ2v) is 39.5. The number of hydrogen-bond donors (Lipinski definition) is 23. The van der Waals surface area contributed by atoms with Crippen molar-refractivity contribution in [2.45, 2.75) is 342 Å². The van der Waals surface area contributed by atoms with E-state index in [4.69, 9.17) is 17.2 Å². The number of aliphatic hydroxyl groups is 1. The molecule has 26 N–H and O–H groups in total. The minimum Gasteiger partial charge on any atom is -0.394 e. The number of carbonyl (C=O) groups is 23. The highest BCUT2D eigenvalue weighted by Gasteiger charge is 2.47. The van der Waals surface area contributed by atoms with Crippen LogP contribution >= 0.6 is 0 Å². The van der Waals surface area contributed by atoms with Crippen molar-refractivity contribution in [3.05, 3.63) is 35.9 Å². The van der Waals surface area contributed by atoms with Gasteiger partial charge in [0.1, 0.15) is 98.7 Å². The molecule has 1 aliphatic heterocycles. The van der Waals surface area contributed by atoms with Crippen molar-refractivity contribution >= 4 is 136 Å². The Hall–Kier alpha value is -13.0. The number of amides is 23. The summed E-state index contributed by atoms with van der Waals surface area (Å²) < 4.78 is 0. The van der Waals surface area contributed by atoms with Crippen LogP contribution in [0.3, 0.4) is 0 Å². The summed E-state index contributed by atoms with van der Waals surface area (Å²) in [5, 5.41) is 57.9. The molecule has 1 aliphatic rings. The topological polar surface area (TPSA) is 723 Å². The van der Waals surface area contributed by atoms with Gasteiger partial charge in [-0.1, -0.05) is 71.9 Å². The molecule has 2 rings (SSSR count). The first-order valence-electron chi connectivity index (χ1n) is 44.9. The zero-order valence-corrected chi connectivity index (χ0v) is 82.8. The van der Waals surface area contributed by atoms with E-state index in [0.717, 1.165) is 5.56 Å². The quantitative estimate of drug-likeness (QED) is 0.0289. The Morgan fingerprint density at radius 2 is 0.743 bits per heavy atom. The van der Waals surface area contributed by atoms with E-state index in [-0.39, 0.29) is 44.6 Å². The number of nitrogens with two attached hydrogens (primary N) is 3. The molecule has 1 aromatic carbocycles. The number of carbonyl (C=O) groups excluding carboxylic acids is 23. The van der Waals surface area contributed by atoms with Crippen LogP contribution in [0.15, 0.2) is 30.3 Å². The number of benzene rings is 1. The molecule has 10 atom stereocenters. The molecule has 0 radical (unpaired) electrons. The zero-order valence-electron chi connectivity index (χ0n) is 82.8. The zero-order chi connectivity index (χ0) is 105. The Morgan fingerprint density at radius 1 is 0.375 bits per heavy atom. The first-order valence-corrected chi connectivity index (χ1v) is 44.9. The summed E-state index contributed by atoms with van der Waals surface area (Å²) in [6.45, 7) is 32.7. The van der Waals surface area contributed by atoms with Crippen molar-refractivity contribution < 1.29 is 115 Å². The van der Waals surface area contributed by atoms with Gasteiger partial charge in [0, 0.05) is 32.7 Å². The highest BCUT2D eigenvalue weighted by atomic mass is 16.3. The van der Waals surface area contributed by atoms with Gasteiger partial charge < -0.3 is 128 Å². The fourth-order valence-corrected chi connectivity index (χ4v) is 13.5. The minimum atomic E-state index is -1.91. The first-order chi connectivity index (χ1) is 62.3. The predicted molar refractivity (Wildman–Crippen MR) is 495 cm³/mol. The summed E-state index contributed by atoms with van der Waals surface area (Å²) in [6, 6.07) is -4.66. The molecule has 47 nitrogen and oxygen atoms in total. The Morgan fingerprint density at radius 3 is 1.21 bits per heavy atom. The van der Waals surface area contributed by atoms with Crippen LogP contribution in [0, 0.1) is 17.8 Å². The Kier molecular flexibility index (Phi) is 44.7. The second-order valence-electron chi connectivity index (χ2n) is 39.5. The molecule has 0 unspecified atom stereocenters. The normalized spacial score (nSPS) is 15.1. The maximum absolute atomic E-state index is 14.6. The lowest BCUT2D eigenvalue weighted by atomic mass is 9.96. The number of likely N-dealkylation sites (tertiary alicyclic amines) is 1. The molecule has 0 aliphatic carbocycles. The Labute approximate surface area is 792 Å². The molecule has 1 saturated heterocycles. The summed E-state index contributed by atoms with van der Waals surface area (Å²) in [6.07, 6.45) is -1.79. The summed E-state index contributed by atoms with van der Waals surface area (Å²) in [7, 11) is 0.